The van der Waals surface area contributed by atoms with Crippen molar-refractivity contribution in [2.24, 2.45) is 5.10 Å². The quantitative estimate of drug-likeness (QED) is 0.327. The van der Waals surface area contributed by atoms with E-state index < -0.39 is 6.04 Å². The van der Waals surface area contributed by atoms with E-state index in [1.807, 2.05) is 30.3 Å². The lowest BCUT2D eigenvalue weighted by molar-refractivity contribution is -0.133. The normalized spacial score (nSPS) is 14.3. The highest BCUT2D eigenvalue weighted by atomic mass is 16.5. The molecule has 0 saturated carbocycles. The molecule has 10 heteroatoms. The molecule has 0 fully saturated rings. The van der Waals surface area contributed by atoms with Crippen LogP contribution in [0, 0.1) is 0 Å². The van der Waals surface area contributed by atoms with Crippen molar-refractivity contribution in [1.29, 1.82) is 0 Å². The Bertz CT molecular complexity index is 1390. The summed E-state index contributed by atoms with van der Waals surface area (Å²) in [5.74, 6) is 1.88. The highest BCUT2D eigenvalue weighted by molar-refractivity contribution is 6.04. The smallest absolute Gasteiger partial charge is 0.262 e. The molecule has 0 saturated heterocycles. The van der Waals surface area contributed by atoms with Crippen LogP contribution in [0.5, 0.6) is 23.0 Å². The van der Waals surface area contributed by atoms with Crippen LogP contribution in [-0.4, -0.2) is 82.7 Å². The van der Waals surface area contributed by atoms with Crippen LogP contribution in [0.1, 0.15) is 33.9 Å². The number of benzene rings is 3. The molecule has 1 aliphatic rings. The van der Waals surface area contributed by atoms with Gasteiger partial charge >= 0.3 is 0 Å². The van der Waals surface area contributed by atoms with Crippen LogP contribution in [0.3, 0.4) is 0 Å². The SMILES string of the molecule is COCCN(CC(=O)N1N=C(c2cccc(OC)c2)C[C@H]1c1cc(OC)ccc1OC)C(=O)c1ccc(OC)cc1. The number of amides is 2. The maximum atomic E-state index is 14.0. The second-order valence-corrected chi connectivity index (χ2v) is 9.29. The monoisotopic (exact) mass is 561 g/mol. The largest absolute Gasteiger partial charge is 0.497 e. The Kier molecular flexibility index (Phi) is 9.81. The third-order valence-corrected chi connectivity index (χ3v) is 6.88. The molecule has 216 valence electrons. The first-order chi connectivity index (χ1) is 19.9. The minimum Gasteiger partial charge on any atom is -0.497 e. The van der Waals surface area contributed by atoms with Gasteiger partial charge in [0, 0.05) is 36.8 Å². The second kappa shape index (κ2) is 13.7. The molecule has 1 heterocycles. The fraction of sp³-hybridized carbons (Fsp3) is 0.323. The van der Waals surface area contributed by atoms with E-state index in [4.69, 9.17) is 28.8 Å². The van der Waals surface area contributed by atoms with Gasteiger partial charge in [0.25, 0.3) is 11.8 Å². The molecule has 0 aromatic heterocycles. The first-order valence-corrected chi connectivity index (χ1v) is 13.1. The van der Waals surface area contributed by atoms with Crippen molar-refractivity contribution in [3.63, 3.8) is 0 Å². The number of hydrogen-bond acceptors (Lipinski definition) is 8. The Balaban J connectivity index is 1.69. The average molecular weight is 562 g/mol. The van der Waals surface area contributed by atoms with Crippen LogP contribution >= 0.6 is 0 Å². The zero-order chi connectivity index (χ0) is 29.4. The van der Waals surface area contributed by atoms with E-state index in [2.05, 4.69) is 0 Å². The first-order valence-electron chi connectivity index (χ1n) is 13.1. The number of carbonyl (C=O) groups excluding carboxylic acids is 2. The summed E-state index contributed by atoms with van der Waals surface area (Å²) in [5.41, 5.74) is 2.71. The molecule has 41 heavy (non-hydrogen) atoms. The molecule has 2 amide bonds. The van der Waals surface area contributed by atoms with Gasteiger partial charge in [0.15, 0.2) is 0 Å². The van der Waals surface area contributed by atoms with Gasteiger partial charge in [-0.05, 0) is 54.6 Å². The molecule has 10 nitrogen and oxygen atoms in total. The van der Waals surface area contributed by atoms with Crippen LogP contribution in [0.4, 0.5) is 0 Å². The number of rotatable bonds is 12. The van der Waals surface area contributed by atoms with Crippen LogP contribution < -0.4 is 18.9 Å². The number of hydrazone groups is 1. The number of hydrogen-bond donors (Lipinski definition) is 0. The molecular formula is C31H35N3O7. The van der Waals surface area contributed by atoms with Crippen molar-refractivity contribution in [2.75, 3.05) is 55.2 Å². The van der Waals surface area contributed by atoms with Crippen LogP contribution in [0.25, 0.3) is 0 Å². The van der Waals surface area contributed by atoms with E-state index in [0.717, 1.165) is 11.1 Å². The fourth-order valence-corrected chi connectivity index (χ4v) is 4.67. The van der Waals surface area contributed by atoms with Gasteiger partial charge in [-0.3, -0.25) is 9.59 Å². The van der Waals surface area contributed by atoms with Crippen LogP contribution in [0.2, 0.25) is 0 Å². The van der Waals surface area contributed by atoms with Crippen LogP contribution in [-0.2, 0) is 9.53 Å². The Morgan fingerprint density at radius 2 is 1.54 bits per heavy atom. The molecule has 0 unspecified atom stereocenters. The van der Waals surface area contributed by atoms with Crippen molar-refractivity contribution < 1.29 is 33.3 Å². The maximum absolute atomic E-state index is 14.0. The third-order valence-electron chi connectivity index (χ3n) is 6.88. The third kappa shape index (κ3) is 6.78. The standard InChI is InChI=1S/C31H35N3O7/c1-37-16-15-33(31(36)21-9-11-23(38-2)12-10-21)20-30(35)34-28(26-18-25(40-4)13-14-29(26)41-5)19-27(32-34)22-7-6-8-24(17-22)39-3/h6-14,17-18,28H,15-16,19-20H2,1-5H3/t28-/m0/s1. The van der Waals surface area contributed by atoms with Crippen molar-refractivity contribution in [3.8, 4) is 23.0 Å². The summed E-state index contributed by atoms with van der Waals surface area (Å²) < 4.78 is 27.0. The van der Waals surface area contributed by atoms with Gasteiger partial charge in [-0.1, -0.05) is 12.1 Å². The molecule has 3 aromatic rings. The Hall–Kier alpha value is -4.57. The van der Waals surface area contributed by atoms with E-state index in [-0.39, 0.29) is 31.5 Å². The summed E-state index contributed by atoms with van der Waals surface area (Å²) in [5, 5.41) is 6.21. The maximum Gasteiger partial charge on any atom is 0.262 e. The molecule has 0 spiro atoms. The predicted molar refractivity (Wildman–Crippen MR) is 154 cm³/mol. The molecule has 1 aliphatic heterocycles. The van der Waals surface area contributed by atoms with E-state index in [0.29, 0.717) is 40.7 Å². The molecule has 1 atom stereocenters. The molecule has 0 aliphatic carbocycles. The molecule has 3 aromatic carbocycles. The summed E-state index contributed by atoms with van der Waals surface area (Å²) in [6.07, 6.45) is 0.424. The summed E-state index contributed by atoms with van der Waals surface area (Å²) in [4.78, 5) is 28.9. The van der Waals surface area contributed by atoms with Gasteiger partial charge in [-0.2, -0.15) is 5.10 Å². The van der Waals surface area contributed by atoms with E-state index in [9.17, 15) is 9.59 Å². The highest BCUT2D eigenvalue weighted by Gasteiger charge is 2.36. The number of ether oxygens (including phenoxy) is 5. The lowest BCUT2D eigenvalue weighted by atomic mass is 9.97. The Morgan fingerprint density at radius 3 is 2.20 bits per heavy atom. The number of carbonyl (C=O) groups is 2. The highest BCUT2D eigenvalue weighted by Crippen LogP contribution is 2.39. The molecule has 4 rings (SSSR count). The summed E-state index contributed by atoms with van der Waals surface area (Å²) >= 11 is 0. The number of methoxy groups -OCH3 is 5. The predicted octanol–water partition coefficient (Wildman–Crippen LogP) is 4.19. The molecule has 0 radical (unpaired) electrons. The summed E-state index contributed by atoms with van der Waals surface area (Å²) in [6, 6.07) is 19.2. The van der Waals surface area contributed by atoms with Gasteiger partial charge in [0.1, 0.15) is 29.5 Å². The summed E-state index contributed by atoms with van der Waals surface area (Å²) in [7, 11) is 7.87. The number of nitrogens with zero attached hydrogens (tertiary/aromatic N) is 3. The van der Waals surface area contributed by atoms with Crippen molar-refractivity contribution in [2.45, 2.75) is 12.5 Å². The first kappa shape index (κ1) is 29.4. The zero-order valence-electron chi connectivity index (χ0n) is 24.0. The Labute approximate surface area is 240 Å². The minimum absolute atomic E-state index is 0.202. The van der Waals surface area contributed by atoms with Gasteiger partial charge in [0.2, 0.25) is 0 Å². The van der Waals surface area contributed by atoms with E-state index >= 15 is 0 Å². The zero-order valence-corrected chi connectivity index (χ0v) is 24.0. The van der Waals surface area contributed by atoms with Crippen molar-refractivity contribution in [3.05, 3.63) is 83.4 Å². The molecule has 0 N–H and O–H groups in total. The summed E-state index contributed by atoms with van der Waals surface area (Å²) in [6.45, 7) is 0.285. The minimum atomic E-state index is -0.492. The van der Waals surface area contributed by atoms with Crippen molar-refractivity contribution in [1.82, 2.24) is 9.91 Å². The fourth-order valence-electron chi connectivity index (χ4n) is 4.67. The van der Waals surface area contributed by atoms with Gasteiger partial charge < -0.3 is 28.6 Å². The second-order valence-electron chi connectivity index (χ2n) is 9.29. The van der Waals surface area contributed by atoms with Gasteiger partial charge in [0.05, 0.1) is 46.8 Å². The average Bonchev–Trinajstić information content (AvgIpc) is 3.48. The van der Waals surface area contributed by atoms with E-state index in [1.165, 1.54) is 9.91 Å². The lowest BCUT2D eigenvalue weighted by Gasteiger charge is -2.28. The van der Waals surface area contributed by atoms with Gasteiger partial charge in [-0.25, -0.2) is 5.01 Å². The molecule has 0 bridgehead atoms. The Morgan fingerprint density at radius 1 is 0.854 bits per heavy atom. The van der Waals surface area contributed by atoms with E-state index in [1.54, 1.807) is 71.9 Å². The van der Waals surface area contributed by atoms with Gasteiger partial charge in [-0.15, -0.1) is 0 Å². The van der Waals surface area contributed by atoms with Crippen molar-refractivity contribution >= 4 is 17.5 Å². The molecular weight excluding hydrogens is 526 g/mol. The topological polar surface area (TPSA) is 99.1 Å². The van der Waals surface area contributed by atoms with Crippen LogP contribution in [0.15, 0.2) is 71.8 Å². The lowest BCUT2D eigenvalue weighted by Crippen LogP contribution is -2.42.